The topological polar surface area (TPSA) is 60.9 Å². The Morgan fingerprint density at radius 1 is 1.71 bits per heavy atom. The second-order valence-electron chi connectivity index (χ2n) is 4.24. The average molecular weight is 195 g/mol. The zero-order valence-electron chi connectivity index (χ0n) is 8.45. The summed E-state index contributed by atoms with van der Waals surface area (Å²) >= 11 is 0. The molecule has 1 aromatic heterocycles. The Bertz CT molecular complexity index is 282. The van der Waals surface area contributed by atoms with Crippen LogP contribution in [0.4, 0.5) is 0 Å². The first-order valence-corrected chi connectivity index (χ1v) is 5.09. The maximum absolute atomic E-state index is 9.33. The summed E-state index contributed by atoms with van der Waals surface area (Å²) in [6, 6.07) is 0. The summed E-state index contributed by atoms with van der Waals surface area (Å²) in [6.07, 6.45) is 6.00. The normalized spacial score (nSPS) is 20.7. The first-order chi connectivity index (χ1) is 6.74. The van der Waals surface area contributed by atoms with Gasteiger partial charge in [-0.3, -0.25) is 0 Å². The molecule has 0 bridgehead atoms. The molecule has 14 heavy (non-hydrogen) atoms. The van der Waals surface area contributed by atoms with Crippen molar-refractivity contribution in [2.24, 2.45) is 5.92 Å². The maximum Gasteiger partial charge on any atom is 0.120 e. The molecule has 4 nitrogen and oxygen atoms in total. The summed E-state index contributed by atoms with van der Waals surface area (Å²) in [5.41, 5.74) is -0.132. The highest BCUT2D eigenvalue weighted by atomic mass is 16.3. The molecule has 4 heteroatoms. The van der Waals surface area contributed by atoms with Crippen molar-refractivity contribution in [2.45, 2.75) is 31.8 Å². The highest BCUT2D eigenvalue weighted by Gasteiger charge is 2.40. The van der Waals surface area contributed by atoms with Crippen molar-refractivity contribution in [3.8, 4) is 0 Å². The fourth-order valence-corrected chi connectivity index (χ4v) is 1.73. The van der Waals surface area contributed by atoms with E-state index in [0.717, 1.165) is 5.82 Å². The van der Waals surface area contributed by atoms with Gasteiger partial charge >= 0.3 is 0 Å². The van der Waals surface area contributed by atoms with Gasteiger partial charge in [-0.2, -0.15) is 0 Å². The molecule has 3 N–H and O–H groups in total. The minimum atomic E-state index is -0.132. The number of hydrogen-bond donors (Lipinski definition) is 3. The van der Waals surface area contributed by atoms with Crippen molar-refractivity contribution in [1.82, 2.24) is 15.3 Å². The quantitative estimate of drug-likeness (QED) is 0.647. The van der Waals surface area contributed by atoms with Crippen LogP contribution < -0.4 is 5.32 Å². The molecule has 0 saturated heterocycles. The molecule has 1 heterocycles. The third-order valence-electron chi connectivity index (χ3n) is 3.02. The van der Waals surface area contributed by atoms with Gasteiger partial charge in [-0.1, -0.05) is 0 Å². The lowest BCUT2D eigenvalue weighted by Crippen LogP contribution is -2.47. The van der Waals surface area contributed by atoms with E-state index in [0.29, 0.717) is 12.5 Å². The fraction of sp³-hybridized carbons (Fsp3) is 0.700. The van der Waals surface area contributed by atoms with Crippen LogP contribution in [0.5, 0.6) is 0 Å². The first kappa shape index (κ1) is 9.68. The van der Waals surface area contributed by atoms with Crippen molar-refractivity contribution in [1.29, 1.82) is 0 Å². The van der Waals surface area contributed by atoms with Gasteiger partial charge in [0.25, 0.3) is 0 Å². The molecular formula is C10H17N3O. The van der Waals surface area contributed by atoms with E-state index in [1.54, 1.807) is 6.20 Å². The van der Waals surface area contributed by atoms with Crippen LogP contribution in [-0.4, -0.2) is 27.2 Å². The summed E-state index contributed by atoms with van der Waals surface area (Å²) < 4.78 is 0. The minimum Gasteiger partial charge on any atom is -0.394 e. The van der Waals surface area contributed by atoms with E-state index < -0.39 is 0 Å². The van der Waals surface area contributed by atoms with E-state index in [-0.39, 0.29) is 12.1 Å². The van der Waals surface area contributed by atoms with Crippen LogP contribution in [0.3, 0.4) is 0 Å². The monoisotopic (exact) mass is 195 g/mol. The van der Waals surface area contributed by atoms with E-state index >= 15 is 0 Å². The summed E-state index contributed by atoms with van der Waals surface area (Å²) in [6.45, 7) is 2.96. The molecule has 0 spiro atoms. The highest BCUT2D eigenvalue weighted by Crippen LogP contribution is 2.39. The van der Waals surface area contributed by atoms with E-state index in [1.807, 2.05) is 6.20 Å². The number of aliphatic hydroxyl groups is 1. The Balaban J connectivity index is 1.89. The molecule has 0 aliphatic heterocycles. The van der Waals surface area contributed by atoms with Gasteiger partial charge < -0.3 is 15.4 Å². The number of nitrogens with zero attached hydrogens (tertiary/aromatic N) is 1. The molecule has 0 amide bonds. The molecule has 0 radical (unpaired) electrons. The first-order valence-electron chi connectivity index (χ1n) is 5.09. The summed E-state index contributed by atoms with van der Waals surface area (Å²) in [5, 5.41) is 12.7. The summed E-state index contributed by atoms with van der Waals surface area (Å²) in [5.74, 6) is 1.55. The van der Waals surface area contributed by atoms with Gasteiger partial charge in [-0.25, -0.2) is 4.98 Å². The van der Waals surface area contributed by atoms with Crippen LogP contribution in [0.15, 0.2) is 12.4 Å². The molecule has 1 saturated carbocycles. The van der Waals surface area contributed by atoms with Gasteiger partial charge in [-0.05, 0) is 25.7 Å². The molecule has 78 valence electrons. The molecule has 1 aromatic rings. The van der Waals surface area contributed by atoms with Crippen molar-refractivity contribution in [2.75, 3.05) is 6.61 Å². The number of nitrogens with one attached hydrogen (secondary N) is 2. The molecule has 1 fully saturated rings. The van der Waals surface area contributed by atoms with Crippen molar-refractivity contribution < 1.29 is 5.11 Å². The number of aromatic nitrogens is 2. The Labute approximate surface area is 83.8 Å². The lowest BCUT2D eigenvalue weighted by atomic mass is 9.97. The third-order valence-corrected chi connectivity index (χ3v) is 3.02. The molecular weight excluding hydrogens is 178 g/mol. The van der Waals surface area contributed by atoms with Crippen molar-refractivity contribution in [3.63, 3.8) is 0 Å². The lowest BCUT2D eigenvalue weighted by molar-refractivity contribution is 0.153. The number of aliphatic hydroxyl groups excluding tert-OH is 1. The van der Waals surface area contributed by atoms with Gasteiger partial charge in [0.2, 0.25) is 0 Å². The fourth-order valence-electron chi connectivity index (χ4n) is 1.73. The SMILES string of the molecule is CC(CO)(NCc1ncc[nH]1)C1CC1. The van der Waals surface area contributed by atoms with Gasteiger partial charge in [0.15, 0.2) is 0 Å². The smallest absolute Gasteiger partial charge is 0.120 e. The third kappa shape index (κ3) is 1.96. The molecule has 2 rings (SSSR count). The largest absolute Gasteiger partial charge is 0.394 e. The standard InChI is InChI=1S/C10H17N3O/c1-10(7-14,8-2-3-8)13-6-9-11-4-5-12-9/h4-5,8,13-14H,2-3,6-7H2,1H3,(H,11,12). The Kier molecular flexibility index (Phi) is 2.56. The van der Waals surface area contributed by atoms with Crippen molar-refractivity contribution in [3.05, 3.63) is 18.2 Å². The predicted octanol–water partition coefficient (Wildman–Crippen LogP) is 0.660. The minimum absolute atomic E-state index is 0.132. The summed E-state index contributed by atoms with van der Waals surface area (Å²) in [4.78, 5) is 7.17. The van der Waals surface area contributed by atoms with E-state index in [4.69, 9.17) is 0 Å². The van der Waals surface area contributed by atoms with Crippen LogP contribution >= 0.6 is 0 Å². The number of hydrogen-bond acceptors (Lipinski definition) is 3. The van der Waals surface area contributed by atoms with Gasteiger partial charge in [0.1, 0.15) is 5.82 Å². The second-order valence-corrected chi connectivity index (χ2v) is 4.24. The van der Waals surface area contributed by atoms with Crippen LogP contribution in [0.25, 0.3) is 0 Å². The van der Waals surface area contributed by atoms with Gasteiger partial charge in [0.05, 0.1) is 13.2 Å². The second kappa shape index (κ2) is 3.71. The Hall–Kier alpha value is -0.870. The van der Waals surface area contributed by atoms with E-state index in [9.17, 15) is 5.11 Å². The average Bonchev–Trinajstić information content (AvgIpc) is 2.94. The number of H-pyrrole nitrogens is 1. The number of rotatable bonds is 5. The van der Waals surface area contributed by atoms with Gasteiger partial charge in [0, 0.05) is 17.9 Å². The number of imidazole rings is 1. The van der Waals surface area contributed by atoms with Crippen molar-refractivity contribution >= 4 is 0 Å². The molecule has 0 aromatic carbocycles. The zero-order valence-corrected chi connectivity index (χ0v) is 8.45. The predicted molar refractivity (Wildman–Crippen MR) is 53.6 cm³/mol. The Morgan fingerprint density at radius 2 is 2.50 bits per heavy atom. The van der Waals surface area contributed by atoms with Crippen LogP contribution in [0.1, 0.15) is 25.6 Å². The van der Waals surface area contributed by atoms with Crippen LogP contribution in [0, 0.1) is 5.92 Å². The van der Waals surface area contributed by atoms with E-state index in [2.05, 4.69) is 22.2 Å². The molecule has 1 aliphatic carbocycles. The Morgan fingerprint density at radius 3 is 3.00 bits per heavy atom. The van der Waals surface area contributed by atoms with E-state index in [1.165, 1.54) is 12.8 Å². The highest BCUT2D eigenvalue weighted by molar-refractivity contribution is 4.99. The maximum atomic E-state index is 9.33. The summed E-state index contributed by atoms with van der Waals surface area (Å²) in [7, 11) is 0. The molecule has 1 unspecified atom stereocenters. The van der Waals surface area contributed by atoms with Gasteiger partial charge in [-0.15, -0.1) is 0 Å². The van der Waals surface area contributed by atoms with Crippen LogP contribution in [-0.2, 0) is 6.54 Å². The lowest BCUT2D eigenvalue weighted by Gasteiger charge is -2.28. The molecule has 1 aliphatic rings. The number of aromatic amines is 1. The molecule has 1 atom stereocenters. The zero-order chi connectivity index (χ0) is 10.0. The van der Waals surface area contributed by atoms with Crippen LogP contribution in [0.2, 0.25) is 0 Å².